The standard InChI is InChI=1S/C18H17ClFNO2/c19-15-4-6-16(7-5-15)23-18-8-3-13(10-21-18)12-1-2-14(11-22)17(20)9-12/h1-3,8-11,15-16H,4-7H2. The molecule has 23 heavy (non-hydrogen) atoms. The highest BCUT2D eigenvalue weighted by molar-refractivity contribution is 6.20. The summed E-state index contributed by atoms with van der Waals surface area (Å²) < 4.78 is 19.5. The van der Waals surface area contributed by atoms with Crippen molar-refractivity contribution >= 4 is 17.9 Å². The van der Waals surface area contributed by atoms with E-state index in [1.807, 2.05) is 6.07 Å². The predicted octanol–water partition coefficient (Wildman–Crippen LogP) is 4.63. The van der Waals surface area contributed by atoms with E-state index in [0.717, 1.165) is 31.2 Å². The molecule has 0 radical (unpaired) electrons. The van der Waals surface area contributed by atoms with Crippen molar-refractivity contribution in [3.05, 3.63) is 47.9 Å². The maximum atomic E-state index is 13.7. The third-order valence-electron chi connectivity index (χ3n) is 4.09. The van der Waals surface area contributed by atoms with Gasteiger partial charge in [-0.3, -0.25) is 4.79 Å². The molecule has 0 atom stereocenters. The minimum Gasteiger partial charge on any atom is -0.474 e. The van der Waals surface area contributed by atoms with Gasteiger partial charge in [0.15, 0.2) is 6.29 Å². The topological polar surface area (TPSA) is 39.2 Å². The van der Waals surface area contributed by atoms with Gasteiger partial charge in [0.2, 0.25) is 5.88 Å². The summed E-state index contributed by atoms with van der Waals surface area (Å²) in [5.41, 5.74) is 1.50. The second-order valence-corrected chi connectivity index (χ2v) is 6.35. The molecule has 0 bridgehead atoms. The van der Waals surface area contributed by atoms with E-state index in [2.05, 4.69) is 4.98 Å². The van der Waals surface area contributed by atoms with E-state index >= 15 is 0 Å². The second-order valence-electron chi connectivity index (χ2n) is 5.73. The Bertz CT molecular complexity index is 682. The number of halogens is 2. The third kappa shape index (κ3) is 3.88. The molecule has 5 heteroatoms. The van der Waals surface area contributed by atoms with Gasteiger partial charge in [0, 0.05) is 23.2 Å². The van der Waals surface area contributed by atoms with E-state index < -0.39 is 5.82 Å². The van der Waals surface area contributed by atoms with Crippen LogP contribution < -0.4 is 4.74 Å². The minimum absolute atomic E-state index is 0.0524. The van der Waals surface area contributed by atoms with E-state index in [1.165, 1.54) is 12.1 Å². The Balaban J connectivity index is 1.69. The van der Waals surface area contributed by atoms with Crippen molar-refractivity contribution in [1.82, 2.24) is 4.98 Å². The van der Waals surface area contributed by atoms with Crippen molar-refractivity contribution < 1.29 is 13.9 Å². The lowest BCUT2D eigenvalue weighted by Gasteiger charge is -2.25. The molecule has 3 rings (SSSR count). The monoisotopic (exact) mass is 333 g/mol. The van der Waals surface area contributed by atoms with E-state index in [4.69, 9.17) is 16.3 Å². The molecule has 0 amide bonds. The fourth-order valence-corrected chi connectivity index (χ4v) is 2.99. The van der Waals surface area contributed by atoms with Crippen LogP contribution >= 0.6 is 11.6 Å². The summed E-state index contributed by atoms with van der Waals surface area (Å²) in [5.74, 6) is 0.0346. The predicted molar refractivity (Wildman–Crippen MR) is 87.5 cm³/mol. The lowest BCUT2D eigenvalue weighted by molar-refractivity contribution is 0.112. The largest absolute Gasteiger partial charge is 0.474 e. The molecule has 1 saturated carbocycles. The van der Waals surface area contributed by atoms with Gasteiger partial charge in [-0.15, -0.1) is 11.6 Å². The number of pyridine rings is 1. The van der Waals surface area contributed by atoms with Gasteiger partial charge < -0.3 is 4.74 Å². The van der Waals surface area contributed by atoms with Crippen LogP contribution in [0.4, 0.5) is 4.39 Å². The van der Waals surface area contributed by atoms with Crippen molar-refractivity contribution in [2.45, 2.75) is 37.2 Å². The van der Waals surface area contributed by atoms with Crippen LogP contribution in [0.2, 0.25) is 0 Å². The van der Waals surface area contributed by atoms with Crippen LogP contribution in [0.1, 0.15) is 36.0 Å². The Hall–Kier alpha value is -1.94. The van der Waals surface area contributed by atoms with Crippen LogP contribution in [0, 0.1) is 5.82 Å². The molecule has 0 aliphatic heterocycles. The van der Waals surface area contributed by atoms with Crippen LogP contribution in [-0.4, -0.2) is 22.8 Å². The molecule has 3 nitrogen and oxygen atoms in total. The van der Waals surface area contributed by atoms with Gasteiger partial charge in [-0.25, -0.2) is 9.37 Å². The summed E-state index contributed by atoms with van der Waals surface area (Å²) in [6.45, 7) is 0. The van der Waals surface area contributed by atoms with Crippen LogP contribution in [0.5, 0.6) is 5.88 Å². The Labute approximate surface area is 139 Å². The lowest BCUT2D eigenvalue weighted by atomic mass is 9.97. The highest BCUT2D eigenvalue weighted by Gasteiger charge is 2.21. The quantitative estimate of drug-likeness (QED) is 0.605. The Morgan fingerprint density at radius 2 is 1.87 bits per heavy atom. The maximum absolute atomic E-state index is 13.7. The lowest BCUT2D eigenvalue weighted by Crippen LogP contribution is -2.24. The third-order valence-corrected chi connectivity index (χ3v) is 4.52. The van der Waals surface area contributed by atoms with Gasteiger partial charge in [-0.1, -0.05) is 6.07 Å². The fraction of sp³-hybridized carbons (Fsp3) is 0.333. The number of alkyl halides is 1. The summed E-state index contributed by atoms with van der Waals surface area (Å²) in [6.07, 6.45) is 6.13. The summed E-state index contributed by atoms with van der Waals surface area (Å²) in [6, 6.07) is 8.13. The molecule has 120 valence electrons. The van der Waals surface area contributed by atoms with Gasteiger partial charge in [0.1, 0.15) is 11.9 Å². The van der Waals surface area contributed by atoms with Gasteiger partial charge >= 0.3 is 0 Å². The van der Waals surface area contributed by atoms with Gasteiger partial charge in [-0.2, -0.15) is 0 Å². The van der Waals surface area contributed by atoms with Crippen molar-refractivity contribution in [3.8, 4) is 17.0 Å². The molecule has 1 aromatic carbocycles. The van der Waals surface area contributed by atoms with Crippen molar-refractivity contribution in [2.75, 3.05) is 0 Å². The normalized spacial score (nSPS) is 21.0. The first-order chi connectivity index (χ1) is 11.2. The second kappa shape index (κ2) is 7.09. The molecular formula is C18H17ClFNO2. The fourth-order valence-electron chi connectivity index (χ4n) is 2.73. The molecule has 1 aromatic heterocycles. The van der Waals surface area contributed by atoms with E-state index in [1.54, 1.807) is 18.3 Å². The number of rotatable bonds is 4. The number of nitrogens with zero attached hydrogens (tertiary/aromatic N) is 1. The summed E-state index contributed by atoms with van der Waals surface area (Å²) >= 11 is 6.08. The SMILES string of the molecule is O=Cc1ccc(-c2ccc(OC3CCC(Cl)CC3)nc2)cc1F. The number of ether oxygens (including phenoxy) is 1. The van der Waals surface area contributed by atoms with Crippen molar-refractivity contribution in [1.29, 1.82) is 0 Å². The first-order valence-electron chi connectivity index (χ1n) is 7.67. The van der Waals surface area contributed by atoms with Crippen LogP contribution in [-0.2, 0) is 0 Å². The molecule has 1 aliphatic rings. The molecular weight excluding hydrogens is 317 g/mol. The van der Waals surface area contributed by atoms with Crippen molar-refractivity contribution in [3.63, 3.8) is 0 Å². The van der Waals surface area contributed by atoms with Crippen molar-refractivity contribution in [2.24, 2.45) is 0 Å². The first kappa shape index (κ1) is 15.9. The highest BCUT2D eigenvalue weighted by atomic mass is 35.5. The Morgan fingerprint density at radius 3 is 2.48 bits per heavy atom. The van der Waals surface area contributed by atoms with Gasteiger partial charge in [-0.05, 0) is 49.4 Å². The number of carbonyl (C=O) groups is 1. The number of aldehydes is 1. The average molecular weight is 334 g/mol. The van der Waals surface area contributed by atoms with Crippen LogP contribution in [0.3, 0.4) is 0 Å². The number of benzene rings is 1. The smallest absolute Gasteiger partial charge is 0.213 e. The summed E-state index contributed by atoms with van der Waals surface area (Å²) in [5, 5.41) is 0.259. The van der Waals surface area contributed by atoms with Crippen LogP contribution in [0.25, 0.3) is 11.1 Å². The molecule has 1 heterocycles. The molecule has 0 saturated heterocycles. The molecule has 0 spiro atoms. The Morgan fingerprint density at radius 1 is 1.13 bits per heavy atom. The zero-order valence-electron chi connectivity index (χ0n) is 12.5. The van der Waals surface area contributed by atoms with Gasteiger partial charge in [0.25, 0.3) is 0 Å². The van der Waals surface area contributed by atoms with E-state index in [-0.39, 0.29) is 17.0 Å². The number of hydrogen-bond donors (Lipinski definition) is 0. The Kier molecular flexibility index (Phi) is 4.91. The molecule has 2 aromatic rings. The summed E-state index contributed by atoms with van der Waals surface area (Å²) in [4.78, 5) is 14.9. The molecule has 1 aliphatic carbocycles. The maximum Gasteiger partial charge on any atom is 0.213 e. The molecule has 0 N–H and O–H groups in total. The zero-order chi connectivity index (χ0) is 16.2. The minimum atomic E-state index is -0.532. The molecule has 1 fully saturated rings. The van der Waals surface area contributed by atoms with Crippen LogP contribution in [0.15, 0.2) is 36.5 Å². The van der Waals surface area contributed by atoms with E-state index in [9.17, 15) is 9.18 Å². The zero-order valence-corrected chi connectivity index (χ0v) is 13.3. The first-order valence-corrected chi connectivity index (χ1v) is 8.11. The van der Waals surface area contributed by atoms with Gasteiger partial charge in [0.05, 0.1) is 5.56 Å². The summed E-state index contributed by atoms with van der Waals surface area (Å²) in [7, 11) is 0. The number of hydrogen-bond acceptors (Lipinski definition) is 3. The van der Waals surface area contributed by atoms with E-state index in [0.29, 0.717) is 17.7 Å². The highest BCUT2D eigenvalue weighted by Crippen LogP contribution is 2.27. The number of aromatic nitrogens is 1. The number of carbonyl (C=O) groups excluding carboxylic acids is 1. The molecule has 0 unspecified atom stereocenters. The average Bonchev–Trinajstić information content (AvgIpc) is 2.57.